The monoisotopic (exact) mass is 443 g/mol. The van der Waals surface area contributed by atoms with Crippen molar-refractivity contribution in [3.8, 4) is 5.75 Å². The topological polar surface area (TPSA) is 104 Å². The Labute approximate surface area is 182 Å². The molecule has 1 atom stereocenters. The lowest BCUT2D eigenvalue weighted by molar-refractivity contribution is -0.145. The fourth-order valence-corrected chi connectivity index (χ4v) is 4.03. The number of carboxylic acids is 2. The van der Waals surface area contributed by atoms with Gasteiger partial charge in [-0.3, -0.25) is 9.69 Å². The van der Waals surface area contributed by atoms with Gasteiger partial charge >= 0.3 is 11.9 Å². The second-order valence-corrected chi connectivity index (χ2v) is 7.97. The van der Waals surface area contributed by atoms with Crippen molar-refractivity contribution in [2.45, 2.75) is 19.4 Å². The maximum absolute atomic E-state index is 12.8. The van der Waals surface area contributed by atoms with Gasteiger partial charge in [-0.15, -0.1) is 0 Å². The highest BCUT2D eigenvalue weighted by Crippen LogP contribution is 2.36. The zero-order valence-corrected chi connectivity index (χ0v) is 17.4. The summed E-state index contributed by atoms with van der Waals surface area (Å²) >= 11 is 6.43. The Kier molecular flexibility index (Phi) is 6.53. The number of thioether (sulfide) groups is 1. The van der Waals surface area contributed by atoms with Crippen LogP contribution in [0.4, 0.5) is 5.69 Å². The highest BCUT2D eigenvalue weighted by Gasteiger charge is 2.33. The molecule has 30 heavy (non-hydrogen) atoms. The van der Waals surface area contributed by atoms with Crippen LogP contribution in [0.15, 0.2) is 53.4 Å². The minimum Gasteiger partial charge on any atom is -0.479 e. The third-order valence-electron chi connectivity index (χ3n) is 4.25. The number of rotatable bonds is 7. The van der Waals surface area contributed by atoms with Gasteiger partial charge in [-0.1, -0.05) is 49.1 Å². The summed E-state index contributed by atoms with van der Waals surface area (Å²) < 4.78 is 5.73. The van der Waals surface area contributed by atoms with Crippen molar-refractivity contribution in [2.24, 2.45) is 0 Å². The third-order valence-corrected chi connectivity index (χ3v) is 5.55. The van der Waals surface area contributed by atoms with Gasteiger partial charge in [-0.25, -0.2) is 9.59 Å². The molecule has 1 unspecified atom stereocenters. The predicted octanol–water partition coefficient (Wildman–Crippen LogP) is 4.03. The Morgan fingerprint density at radius 3 is 2.50 bits per heavy atom. The first kappa shape index (κ1) is 21.5. The van der Waals surface area contributed by atoms with Crippen molar-refractivity contribution in [2.75, 3.05) is 4.90 Å². The lowest BCUT2D eigenvalue weighted by Crippen LogP contribution is -2.27. The number of hydrogen-bond acceptors (Lipinski definition) is 6. The van der Waals surface area contributed by atoms with E-state index in [4.69, 9.17) is 27.2 Å². The van der Waals surface area contributed by atoms with Crippen molar-refractivity contribution in [1.29, 1.82) is 0 Å². The lowest BCUT2D eigenvalue weighted by Gasteiger charge is -2.14. The van der Waals surface area contributed by atoms with Gasteiger partial charge < -0.3 is 14.9 Å². The number of hydrogen-bond donors (Lipinski definition) is 2. The minimum atomic E-state index is -1.09. The number of thiocarbonyl (C=S) groups is 1. The number of aromatic carboxylic acids is 1. The van der Waals surface area contributed by atoms with Crippen molar-refractivity contribution >= 4 is 57.9 Å². The van der Waals surface area contributed by atoms with Gasteiger partial charge in [0.15, 0.2) is 10.4 Å². The first-order chi connectivity index (χ1) is 14.3. The fraction of sp³-hybridized carbons (Fsp3) is 0.143. The molecule has 2 aromatic rings. The molecule has 154 valence electrons. The summed E-state index contributed by atoms with van der Waals surface area (Å²) in [7, 11) is 0. The Hall–Kier alpha value is -3.17. The number of carboxylic acid groups (broad SMARTS) is 2. The molecule has 0 saturated carbocycles. The van der Waals surface area contributed by atoms with Crippen LogP contribution in [-0.2, 0) is 9.59 Å². The molecule has 3 rings (SSSR count). The van der Waals surface area contributed by atoms with Crippen LogP contribution in [0.5, 0.6) is 5.75 Å². The maximum atomic E-state index is 12.8. The Balaban J connectivity index is 1.79. The molecule has 1 heterocycles. The number of benzene rings is 2. The van der Waals surface area contributed by atoms with Gasteiger partial charge in [0.2, 0.25) is 0 Å². The highest BCUT2D eigenvalue weighted by atomic mass is 32.2. The van der Waals surface area contributed by atoms with E-state index in [1.807, 2.05) is 0 Å². The van der Waals surface area contributed by atoms with Crippen molar-refractivity contribution < 1.29 is 29.3 Å². The SMILES string of the molecule is CCC(Oc1ccc(/C=C2\SC(=S)N(c3cccc(C(=O)O)c3)C2=O)cc1)C(=O)O. The molecule has 2 aromatic carbocycles. The summed E-state index contributed by atoms with van der Waals surface area (Å²) in [6.45, 7) is 1.72. The van der Waals surface area contributed by atoms with Gasteiger partial charge in [0, 0.05) is 0 Å². The number of nitrogens with zero attached hydrogens (tertiary/aromatic N) is 1. The molecule has 1 amide bonds. The number of aliphatic carboxylic acids is 1. The molecule has 7 nitrogen and oxygen atoms in total. The molecule has 0 bridgehead atoms. The summed E-state index contributed by atoms with van der Waals surface area (Å²) in [5, 5.41) is 18.2. The van der Waals surface area contributed by atoms with Crippen LogP contribution in [-0.4, -0.2) is 38.5 Å². The van der Waals surface area contributed by atoms with Gasteiger partial charge in [-0.05, 0) is 48.4 Å². The molecule has 0 aromatic heterocycles. The molecule has 1 aliphatic heterocycles. The van der Waals surface area contributed by atoms with Gasteiger partial charge in [0.25, 0.3) is 5.91 Å². The summed E-state index contributed by atoms with van der Waals surface area (Å²) in [4.78, 5) is 36.8. The molecule has 0 aliphatic carbocycles. The van der Waals surface area contributed by atoms with E-state index in [1.165, 1.54) is 17.0 Å². The second kappa shape index (κ2) is 9.10. The van der Waals surface area contributed by atoms with E-state index in [0.717, 1.165) is 11.8 Å². The molecule has 0 spiro atoms. The zero-order chi connectivity index (χ0) is 21.8. The number of ether oxygens (including phenoxy) is 1. The average molecular weight is 444 g/mol. The van der Waals surface area contributed by atoms with E-state index in [0.29, 0.717) is 32.6 Å². The lowest BCUT2D eigenvalue weighted by atomic mass is 10.1. The maximum Gasteiger partial charge on any atom is 0.344 e. The summed E-state index contributed by atoms with van der Waals surface area (Å²) in [6.07, 6.45) is 1.08. The Morgan fingerprint density at radius 2 is 1.90 bits per heavy atom. The molecular formula is C21H17NO6S2. The molecule has 0 radical (unpaired) electrons. The molecule has 2 N–H and O–H groups in total. The quantitative estimate of drug-likeness (QED) is 0.488. The second-order valence-electron chi connectivity index (χ2n) is 6.29. The van der Waals surface area contributed by atoms with Crippen molar-refractivity contribution in [3.63, 3.8) is 0 Å². The van der Waals surface area contributed by atoms with E-state index in [-0.39, 0.29) is 11.5 Å². The fourth-order valence-electron chi connectivity index (χ4n) is 2.73. The third kappa shape index (κ3) is 4.69. The molecule has 1 aliphatic rings. The Bertz CT molecular complexity index is 1050. The largest absolute Gasteiger partial charge is 0.479 e. The van der Waals surface area contributed by atoms with E-state index < -0.39 is 18.0 Å². The van der Waals surface area contributed by atoms with Crippen molar-refractivity contribution in [1.82, 2.24) is 0 Å². The predicted molar refractivity (Wildman–Crippen MR) is 118 cm³/mol. The summed E-state index contributed by atoms with van der Waals surface area (Å²) in [5.74, 6) is -2.05. The highest BCUT2D eigenvalue weighted by molar-refractivity contribution is 8.27. The standard InChI is InChI=1S/C21H17NO6S2/c1-2-16(20(26)27)28-15-8-6-12(7-9-15)10-17-18(23)22(21(29)30-17)14-5-3-4-13(11-14)19(24)25/h3-11,16H,2H2,1H3,(H,24,25)(H,26,27)/b17-10-. The summed E-state index contributed by atoms with van der Waals surface area (Å²) in [5.41, 5.74) is 1.17. The normalized spacial score (nSPS) is 16.0. The van der Waals surface area contributed by atoms with E-state index in [9.17, 15) is 14.4 Å². The van der Waals surface area contributed by atoms with Gasteiger partial charge in [0.1, 0.15) is 5.75 Å². The van der Waals surface area contributed by atoms with Crippen LogP contribution in [0.3, 0.4) is 0 Å². The van der Waals surface area contributed by atoms with Crippen LogP contribution >= 0.6 is 24.0 Å². The minimum absolute atomic E-state index is 0.0628. The van der Waals surface area contributed by atoms with Crippen LogP contribution in [0.1, 0.15) is 29.3 Å². The number of anilines is 1. The number of carbonyl (C=O) groups excluding carboxylic acids is 1. The summed E-state index contributed by atoms with van der Waals surface area (Å²) in [6, 6.07) is 12.7. The van der Waals surface area contributed by atoms with E-state index in [2.05, 4.69) is 0 Å². The van der Waals surface area contributed by atoms with Crippen LogP contribution in [0, 0.1) is 0 Å². The van der Waals surface area contributed by atoms with Crippen molar-refractivity contribution in [3.05, 3.63) is 64.6 Å². The first-order valence-electron chi connectivity index (χ1n) is 8.91. The molecule has 1 fully saturated rings. The van der Waals surface area contributed by atoms with Crippen LogP contribution in [0.2, 0.25) is 0 Å². The number of carbonyl (C=O) groups is 3. The van der Waals surface area contributed by atoms with Crippen LogP contribution in [0.25, 0.3) is 6.08 Å². The molecular weight excluding hydrogens is 426 g/mol. The smallest absolute Gasteiger partial charge is 0.344 e. The molecule has 1 saturated heterocycles. The van der Waals surface area contributed by atoms with E-state index in [1.54, 1.807) is 49.4 Å². The zero-order valence-electron chi connectivity index (χ0n) is 15.8. The van der Waals surface area contributed by atoms with Gasteiger partial charge in [-0.2, -0.15) is 0 Å². The number of amides is 1. The Morgan fingerprint density at radius 1 is 1.20 bits per heavy atom. The average Bonchev–Trinajstić information content (AvgIpc) is 3.00. The van der Waals surface area contributed by atoms with E-state index >= 15 is 0 Å². The van der Waals surface area contributed by atoms with Gasteiger partial charge in [0.05, 0.1) is 16.2 Å². The first-order valence-corrected chi connectivity index (χ1v) is 10.1. The van der Waals surface area contributed by atoms with Crippen LogP contribution < -0.4 is 9.64 Å². The molecule has 9 heteroatoms.